The number of benzene rings is 3. The van der Waals surface area contributed by atoms with Crippen LogP contribution in [0.5, 0.6) is 5.75 Å². The summed E-state index contributed by atoms with van der Waals surface area (Å²) in [5, 5.41) is 2.94. The Morgan fingerprint density at radius 2 is 1.82 bits per heavy atom. The fourth-order valence-corrected chi connectivity index (χ4v) is 5.09. The SMILES string of the molecule is Cc1cccc([C@H]2c3cc(O[C@@H](C)C(=O)NCCc4ccccn4)ccc3CCN2C(=O)c2ccccc2)c1. The van der Waals surface area contributed by atoms with Gasteiger partial charge in [-0.1, -0.05) is 60.2 Å². The van der Waals surface area contributed by atoms with E-state index in [1.54, 1.807) is 13.1 Å². The molecule has 1 aromatic heterocycles. The number of aromatic nitrogens is 1. The minimum atomic E-state index is -0.671. The summed E-state index contributed by atoms with van der Waals surface area (Å²) in [6.07, 6.45) is 2.48. The van der Waals surface area contributed by atoms with Crippen LogP contribution in [0.15, 0.2) is 97.2 Å². The third-order valence-corrected chi connectivity index (χ3v) is 7.07. The molecule has 0 unspecified atom stereocenters. The predicted molar refractivity (Wildman–Crippen MR) is 152 cm³/mol. The van der Waals surface area contributed by atoms with Gasteiger partial charge in [-0.15, -0.1) is 0 Å². The van der Waals surface area contributed by atoms with Crippen molar-refractivity contribution >= 4 is 11.8 Å². The number of carbonyl (C=O) groups excluding carboxylic acids is 2. The number of amides is 2. The van der Waals surface area contributed by atoms with Gasteiger partial charge in [0.1, 0.15) is 5.75 Å². The maximum atomic E-state index is 13.7. The molecule has 0 spiro atoms. The minimum Gasteiger partial charge on any atom is -0.481 e. The van der Waals surface area contributed by atoms with Gasteiger partial charge in [0.15, 0.2) is 6.10 Å². The molecule has 1 aliphatic heterocycles. The first kappa shape index (κ1) is 26.2. The predicted octanol–water partition coefficient (Wildman–Crippen LogP) is 5.30. The Labute approximate surface area is 229 Å². The van der Waals surface area contributed by atoms with E-state index < -0.39 is 6.10 Å². The number of carbonyl (C=O) groups is 2. The van der Waals surface area contributed by atoms with Gasteiger partial charge >= 0.3 is 0 Å². The van der Waals surface area contributed by atoms with E-state index in [4.69, 9.17) is 4.74 Å². The minimum absolute atomic E-state index is 0.000251. The van der Waals surface area contributed by atoms with Gasteiger partial charge in [0.05, 0.1) is 6.04 Å². The number of ether oxygens (including phenoxy) is 1. The Kier molecular flexibility index (Phi) is 8.02. The molecule has 198 valence electrons. The zero-order valence-corrected chi connectivity index (χ0v) is 22.3. The summed E-state index contributed by atoms with van der Waals surface area (Å²) in [6.45, 7) is 4.91. The third kappa shape index (κ3) is 6.17. The van der Waals surface area contributed by atoms with Gasteiger partial charge in [-0.3, -0.25) is 14.6 Å². The standard InChI is InChI=1S/C33H33N3O3/c1-23-9-8-12-27(21-23)31-30-22-29(39-24(2)32(37)35-19-16-28-13-6-7-18-34-28)15-14-25(30)17-20-36(31)33(38)26-10-4-3-5-11-26/h3-15,18,21-22,24,31H,16-17,19-20H2,1-2H3,(H,35,37)/t24-,31-/m0/s1. The molecule has 0 saturated carbocycles. The first-order valence-electron chi connectivity index (χ1n) is 13.4. The molecule has 0 fully saturated rings. The third-order valence-electron chi connectivity index (χ3n) is 7.07. The highest BCUT2D eigenvalue weighted by atomic mass is 16.5. The maximum Gasteiger partial charge on any atom is 0.260 e. The summed E-state index contributed by atoms with van der Waals surface area (Å²) in [4.78, 5) is 32.7. The van der Waals surface area contributed by atoms with Gasteiger partial charge in [-0.2, -0.15) is 0 Å². The Hall–Kier alpha value is -4.45. The summed E-state index contributed by atoms with van der Waals surface area (Å²) in [5.41, 5.74) is 5.99. The van der Waals surface area contributed by atoms with Crippen molar-refractivity contribution in [1.29, 1.82) is 0 Å². The second kappa shape index (κ2) is 11.9. The highest BCUT2D eigenvalue weighted by Gasteiger charge is 2.33. The van der Waals surface area contributed by atoms with Crippen LogP contribution in [0.1, 0.15) is 51.3 Å². The van der Waals surface area contributed by atoms with E-state index in [-0.39, 0.29) is 17.9 Å². The van der Waals surface area contributed by atoms with Crippen molar-refractivity contribution in [3.8, 4) is 5.75 Å². The summed E-state index contributed by atoms with van der Waals surface area (Å²) in [6, 6.07) is 29.2. The number of fused-ring (bicyclic) bond motifs is 1. The van der Waals surface area contributed by atoms with Crippen LogP contribution in [-0.2, 0) is 17.6 Å². The molecular formula is C33H33N3O3. The molecule has 0 radical (unpaired) electrons. The number of hydrogen-bond acceptors (Lipinski definition) is 4. The van der Waals surface area contributed by atoms with Gasteiger partial charge in [-0.25, -0.2) is 0 Å². The summed E-state index contributed by atoms with van der Waals surface area (Å²) in [7, 11) is 0. The van der Waals surface area contributed by atoms with E-state index in [0.717, 1.165) is 28.8 Å². The van der Waals surface area contributed by atoms with Crippen LogP contribution in [0.2, 0.25) is 0 Å². The molecule has 39 heavy (non-hydrogen) atoms. The molecule has 6 heteroatoms. The van der Waals surface area contributed by atoms with E-state index >= 15 is 0 Å². The molecule has 1 aliphatic rings. The first-order chi connectivity index (χ1) is 19.0. The number of pyridine rings is 1. The molecule has 2 heterocycles. The van der Waals surface area contributed by atoms with Gasteiger partial charge in [0, 0.05) is 37.0 Å². The van der Waals surface area contributed by atoms with Crippen molar-refractivity contribution in [2.24, 2.45) is 0 Å². The van der Waals surface area contributed by atoms with Gasteiger partial charge in [0.2, 0.25) is 0 Å². The second-order valence-electron chi connectivity index (χ2n) is 9.91. The zero-order valence-electron chi connectivity index (χ0n) is 22.3. The van der Waals surface area contributed by atoms with Crippen LogP contribution in [0.3, 0.4) is 0 Å². The van der Waals surface area contributed by atoms with Crippen LogP contribution in [-0.4, -0.2) is 40.9 Å². The van der Waals surface area contributed by atoms with Crippen molar-refractivity contribution in [1.82, 2.24) is 15.2 Å². The fraction of sp³-hybridized carbons (Fsp3) is 0.242. The topological polar surface area (TPSA) is 71.5 Å². The molecule has 4 aromatic rings. The highest BCUT2D eigenvalue weighted by Crippen LogP contribution is 2.38. The number of nitrogens with one attached hydrogen (secondary N) is 1. The molecule has 2 atom stereocenters. The van der Waals surface area contributed by atoms with Crippen LogP contribution in [0.4, 0.5) is 0 Å². The van der Waals surface area contributed by atoms with Crippen molar-refractivity contribution < 1.29 is 14.3 Å². The van der Waals surface area contributed by atoms with Gasteiger partial charge in [0.25, 0.3) is 11.8 Å². The molecular weight excluding hydrogens is 486 g/mol. The molecule has 0 aliphatic carbocycles. The van der Waals surface area contributed by atoms with Gasteiger partial charge in [-0.05, 0) is 73.4 Å². The monoisotopic (exact) mass is 519 g/mol. The Morgan fingerprint density at radius 3 is 2.59 bits per heavy atom. The lowest BCUT2D eigenvalue weighted by atomic mass is 9.87. The smallest absolute Gasteiger partial charge is 0.260 e. The van der Waals surface area contributed by atoms with E-state index in [1.165, 1.54) is 5.56 Å². The fourth-order valence-electron chi connectivity index (χ4n) is 5.09. The second-order valence-corrected chi connectivity index (χ2v) is 9.91. The van der Waals surface area contributed by atoms with E-state index in [1.807, 2.05) is 71.6 Å². The molecule has 0 saturated heterocycles. The van der Waals surface area contributed by atoms with E-state index in [0.29, 0.717) is 30.8 Å². The van der Waals surface area contributed by atoms with Crippen LogP contribution >= 0.6 is 0 Å². The van der Waals surface area contributed by atoms with Gasteiger partial charge < -0.3 is 15.0 Å². The van der Waals surface area contributed by atoms with Crippen LogP contribution in [0.25, 0.3) is 0 Å². The van der Waals surface area contributed by atoms with Crippen molar-refractivity contribution in [3.05, 3.63) is 131 Å². The van der Waals surface area contributed by atoms with Crippen molar-refractivity contribution in [2.75, 3.05) is 13.1 Å². The number of nitrogens with zero attached hydrogens (tertiary/aromatic N) is 2. The summed E-state index contributed by atoms with van der Waals surface area (Å²) >= 11 is 0. The lowest BCUT2D eigenvalue weighted by Gasteiger charge is -2.38. The lowest BCUT2D eigenvalue weighted by molar-refractivity contribution is -0.127. The van der Waals surface area contributed by atoms with Crippen molar-refractivity contribution in [3.63, 3.8) is 0 Å². The Bertz CT molecular complexity index is 1440. The summed E-state index contributed by atoms with van der Waals surface area (Å²) in [5.74, 6) is 0.423. The first-order valence-corrected chi connectivity index (χ1v) is 13.4. The number of aryl methyl sites for hydroxylation is 1. The Morgan fingerprint density at radius 1 is 1.00 bits per heavy atom. The molecule has 0 bridgehead atoms. The molecule has 3 aromatic carbocycles. The molecule has 1 N–H and O–H groups in total. The quantitative estimate of drug-likeness (QED) is 0.343. The average Bonchev–Trinajstić information content (AvgIpc) is 2.97. The highest BCUT2D eigenvalue weighted by molar-refractivity contribution is 5.95. The normalized spacial score (nSPS) is 15.2. The van der Waals surface area contributed by atoms with E-state index in [2.05, 4.69) is 41.5 Å². The Balaban J connectivity index is 1.37. The molecule has 6 nitrogen and oxygen atoms in total. The largest absolute Gasteiger partial charge is 0.481 e. The molecule has 5 rings (SSSR count). The number of hydrogen-bond donors (Lipinski definition) is 1. The average molecular weight is 520 g/mol. The molecule has 2 amide bonds. The zero-order chi connectivity index (χ0) is 27.2. The number of rotatable bonds is 8. The maximum absolute atomic E-state index is 13.7. The lowest BCUT2D eigenvalue weighted by Crippen LogP contribution is -2.41. The summed E-state index contributed by atoms with van der Waals surface area (Å²) < 4.78 is 6.10. The van der Waals surface area contributed by atoms with Crippen molar-refractivity contribution in [2.45, 2.75) is 38.8 Å². The van der Waals surface area contributed by atoms with E-state index in [9.17, 15) is 9.59 Å². The van der Waals surface area contributed by atoms with Crippen LogP contribution in [0, 0.1) is 6.92 Å². The van der Waals surface area contributed by atoms with Crippen LogP contribution < -0.4 is 10.1 Å².